The van der Waals surface area contributed by atoms with Gasteiger partial charge < -0.3 is 14.8 Å². The molecule has 2 N–H and O–H groups in total. The zero-order chi connectivity index (χ0) is 13.8. The van der Waals surface area contributed by atoms with Crippen molar-refractivity contribution < 1.29 is 14.8 Å². The van der Waals surface area contributed by atoms with Crippen LogP contribution in [-0.4, -0.2) is 17.2 Å². The Labute approximate surface area is 117 Å². The highest BCUT2D eigenvalue weighted by molar-refractivity contribution is 6.59. The van der Waals surface area contributed by atoms with E-state index in [-0.39, 0.29) is 0 Å². The van der Waals surface area contributed by atoms with Crippen molar-refractivity contribution >= 4 is 24.2 Å². The Kier molecular flexibility index (Phi) is 4.48. The molecule has 0 aliphatic carbocycles. The molecule has 0 atom stereocenters. The third kappa shape index (κ3) is 3.50. The second-order valence-corrected chi connectivity index (χ2v) is 4.69. The highest BCUT2D eigenvalue weighted by Gasteiger charge is 2.16. The topological polar surface area (TPSA) is 49.7 Å². The van der Waals surface area contributed by atoms with E-state index in [0.717, 1.165) is 11.1 Å². The van der Waals surface area contributed by atoms with E-state index in [1.54, 1.807) is 13.0 Å². The number of hydrogen-bond acceptors (Lipinski definition) is 3. The fourth-order valence-electron chi connectivity index (χ4n) is 1.79. The summed E-state index contributed by atoms with van der Waals surface area (Å²) in [6.45, 7) is 2.20. The van der Waals surface area contributed by atoms with Crippen LogP contribution in [0, 0.1) is 6.92 Å². The van der Waals surface area contributed by atoms with Crippen LogP contribution >= 0.6 is 11.6 Å². The first-order valence-electron chi connectivity index (χ1n) is 5.91. The van der Waals surface area contributed by atoms with Crippen LogP contribution in [0.3, 0.4) is 0 Å². The molecular weight excluding hydrogens is 262 g/mol. The van der Waals surface area contributed by atoms with Gasteiger partial charge in [0, 0.05) is 0 Å². The number of benzene rings is 2. The number of halogens is 1. The van der Waals surface area contributed by atoms with Crippen molar-refractivity contribution in [2.45, 2.75) is 13.5 Å². The van der Waals surface area contributed by atoms with Gasteiger partial charge in [-0.3, -0.25) is 0 Å². The van der Waals surface area contributed by atoms with Crippen LogP contribution in [0.25, 0.3) is 0 Å². The summed E-state index contributed by atoms with van der Waals surface area (Å²) in [5.41, 5.74) is 2.15. The maximum Gasteiger partial charge on any atom is 0.488 e. The summed E-state index contributed by atoms with van der Waals surface area (Å²) in [7, 11) is -1.53. The van der Waals surface area contributed by atoms with Crippen molar-refractivity contribution in [3.05, 3.63) is 58.6 Å². The van der Waals surface area contributed by atoms with Gasteiger partial charge in [0.2, 0.25) is 0 Å². The molecule has 3 nitrogen and oxygen atoms in total. The van der Waals surface area contributed by atoms with Gasteiger partial charge in [-0.25, -0.2) is 0 Å². The van der Waals surface area contributed by atoms with Crippen LogP contribution in [0.15, 0.2) is 42.5 Å². The fourth-order valence-corrected chi connectivity index (χ4v) is 2.02. The Morgan fingerprint density at radius 3 is 2.47 bits per heavy atom. The molecule has 2 aromatic carbocycles. The Hall–Kier alpha value is -1.49. The Bertz CT molecular complexity index is 558. The van der Waals surface area contributed by atoms with Crippen LogP contribution in [-0.2, 0) is 6.61 Å². The first kappa shape index (κ1) is 13.9. The van der Waals surface area contributed by atoms with Crippen LogP contribution in [0.4, 0.5) is 0 Å². The van der Waals surface area contributed by atoms with Crippen molar-refractivity contribution in [3.63, 3.8) is 0 Å². The van der Waals surface area contributed by atoms with Gasteiger partial charge in [-0.1, -0.05) is 41.9 Å². The minimum atomic E-state index is -1.53. The summed E-state index contributed by atoms with van der Waals surface area (Å²) >= 11 is 6.06. The molecule has 0 fully saturated rings. The summed E-state index contributed by atoms with van der Waals surface area (Å²) < 4.78 is 5.64. The Morgan fingerprint density at radius 2 is 1.84 bits per heavy atom. The van der Waals surface area contributed by atoms with E-state index < -0.39 is 7.12 Å². The summed E-state index contributed by atoms with van der Waals surface area (Å²) in [6.07, 6.45) is 0. The molecule has 0 unspecified atom stereocenters. The molecule has 0 aliphatic heterocycles. The number of ether oxygens (including phenoxy) is 1. The summed E-state index contributed by atoms with van der Waals surface area (Å²) in [6, 6.07) is 13.0. The van der Waals surface area contributed by atoms with Crippen molar-refractivity contribution in [3.8, 4) is 5.75 Å². The van der Waals surface area contributed by atoms with Gasteiger partial charge in [-0.05, 0) is 35.6 Å². The highest BCUT2D eigenvalue weighted by atomic mass is 35.5. The van der Waals surface area contributed by atoms with E-state index in [9.17, 15) is 10.0 Å². The van der Waals surface area contributed by atoms with Crippen LogP contribution in [0.5, 0.6) is 5.75 Å². The van der Waals surface area contributed by atoms with E-state index in [0.29, 0.717) is 22.8 Å². The molecular formula is C14H14BClO3. The van der Waals surface area contributed by atoms with Crippen molar-refractivity contribution in [1.29, 1.82) is 0 Å². The molecule has 0 amide bonds. The van der Waals surface area contributed by atoms with Gasteiger partial charge >= 0.3 is 7.12 Å². The first-order valence-corrected chi connectivity index (χ1v) is 6.28. The monoisotopic (exact) mass is 276 g/mol. The Morgan fingerprint density at radius 1 is 1.16 bits per heavy atom. The molecule has 98 valence electrons. The third-order valence-corrected chi connectivity index (χ3v) is 3.13. The average molecular weight is 277 g/mol. The van der Waals surface area contributed by atoms with Crippen LogP contribution in [0.2, 0.25) is 5.02 Å². The second-order valence-electron chi connectivity index (χ2n) is 4.29. The highest BCUT2D eigenvalue weighted by Crippen LogP contribution is 2.25. The maximum absolute atomic E-state index is 9.18. The quantitative estimate of drug-likeness (QED) is 0.839. The molecule has 5 heteroatoms. The standard InChI is InChI=1S/C14H14BClO3/c1-10-7-14(13(16)8-12(10)15(17)18)19-9-11-5-3-2-4-6-11/h2-8,17-18H,9H2,1H3. The zero-order valence-electron chi connectivity index (χ0n) is 10.5. The summed E-state index contributed by atoms with van der Waals surface area (Å²) in [4.78, 5) is 0. The van der Waals surface area contributed by atoms with Crippen molar-refractivity contribution in [2.24, 2.45) is 0 Å². The summed E-state index contributed by atoms with van der Waals surface area (Å²) in [5.74, 6) is 0.535. The van der Waals surface area contributed by atoms with Crippen LogP contribution < -0.4 is 10.2 Å². The average Bonchev–Trinajstić information content (AvgIpc) is 2.40. The normalized spacial score (nSPS) is 10.3. The number of rotatable bonds is 4. The molecule has 0 aromatic heterocycles. The molecule has 0 bridgehead atoms. The van der Waals surface area contributed by atoms with Crippen molar-refractivity contribution in [1.82, 2.24) is 0 Å². The Balaban J connectivity index is 2.15. The molecule has 0 aliphatic rings. The molecule has 19 heavy (non-hydrogen) atoms. The molecule has 0 saturated heterocycles. The SMILES string of the molecule is Cc1cc(OCc2ccccc2)c(Cl)cc1B(O)O. The molecule has 0 saturated carbocycles. The smallest absolute Gasteiger partial charge is 0.487 e. The van der Waals surface area contributed by atoms with Gasteiger partial charge in [0.25, 0.3) is 0 Å². The van der Waals surface area contributed by atoms with E-state index in [1.807, 2.05) is 30.3 Å². The largest absolute Gasteiger partial charge is 0.488 e. The molecule has 0 spiro atoms. The lowest BCUT2D eigenvalue weighted by molar-refractivity contribution is 0.306. The summed E-state index contributed by atoms with van der Waals surface area (Å²) in [5, 5.41) is 18.7. The molecule has 2 aromatic rings. The van der Waals surface area contributed by atoms with E-state index in [4.69, 9.17) is 16.3 Å². The van der Waals surface area contributed by atoms with E-state index in [1.165, 1.54) is 6.07 Å². The lowest BCUT2D eigenvalue weighted by Gasteiger charge is -2.12. The predicted octanol–water partition coefficient (Wildman–Crippen LogP) is 1.91. The number of hydrogen-bond donors (Lipinski definition) is 2. The molecule has 2 rings (SSSR count). The van der Waals surface area contributed by atoms with Gasteiger partial charge in [0.05, 0.1) is 5.02 Å². The lowest BCUT2D eigenvalue weighted by atomic mass is 9.77. The first-order chi connectivity index (χ1) is 9.08. The third-order valence-electron chi connectivity index (χ3n) is 2.84. The van der Waals surface area contributed by atoms with E-state index >= 15 is 0 Å². The minimum Gasteiger partial charge on any atom is -0.487 e. The zero-order valence-corrected chi connectivity index (χ0v) is 11.3. The van der Waals surface area contributed by atoms with Gasteiger partial charge in [0.1, 0.15) is 12.4 Å². The van der Waals surface area contributed by atoms with Gasteiger partial charge in [0.15, 0.2) is 0 Å². The second kappa shape index (κ2) is 6.11. The number of aryl methyl sites for hydroxylation is 1. The fraction of sp³-hybridized carbons (Fsp3) is 0.143. The predicted molar refractivity (Wildman–Crippen MR) is 76.8 cm³/mol. The molecule has 0 radical (unpaired) electrons. The molecule has 0 heterocycles. The van der Waals surface area contributed by atoms with Gasteiger partial charge in [-0.2, -0.15) is 0 Å². The van der Waals surface area contributed by atoms with Gasteiger partial charge in [-0.15, -0.1) is 0 Å². The minimum absolute atomic E-state index is 0.365. The van der Waals surface area contributed by atoms with Crippen molar-refractivity contribution in [2.75, 3.05) is 0 Å². The van der Waals surface area contributed by atoms with E-state index in [2.05, 4.69) is 0 Å². The maximum atomic E-state index is 9.18. The van der Waals surface area contributed by atoms with Crippen LogP contribution in [0.1, 0.15) is 11.1 Å². The lowest BCUT2D eigenvalue weighted by Crippen LogP contribution is -2.32.